The maximum absolute atomic E-state index is 13.0. The van der Waals surface area contributed by atoms with Crippen LogP contribution in [0.1, 0.15) is 20.9 Å². The molecule has 0 bridgehead atoms. The highest BCUT2D eigenvalue weighted by Crippen LogP contribution is 2.35. The van der Waals surface area contributed by atoms with Gasteiger partial charge in [-0.25, -0.2) is 4.98 Å². The van der Waals surface area contributed by atoms with Crippen LogP contribution in [0.25, 0.3) is 33.4 Å². The molecule has 5 aromatic rings. The molecular formula is C28H21N3O4S. The third-order valence-electron chi connectivity index (χ3n) is 5.80. The van der Waals surface area contributed by atoms with E-state index in [-0.39, 0.29) is 17.2 Å². The zero-order chi connectivity index (χ0) is 25.2. The number of fused-ring (bicyclic) bond motifs is 1. The maximum atomic E-state index is 13.0. The molecule has 2 aromatic heterocycles. The zero-order valence-electron chi connectivity index (χ0n) is 19.5. The molecule has 0 radical (unpaired) electrons. The summed E-state index contributed by atoms with van der Waals surface area (Å²) in [6.07, 6.45) is 5.16. The fraction of sp³-hybridized carbons (Fsp3) is 0.0714. The fourth-order valence-corrected chi connectivity index (χ4v) is 4.87. The summed E-state index contributed by atoms with van der Waals surface area (Å²) < 4.78 is 7.02. The number of carbonyl (C=O) groups excluding carboxylic acids is 1. The number of hydrogen-bond acceptors (Lipinski definition) is 6. The number of ketones is 1. The van der Waals surface area contributed by atoms with Gasteiger partial charge in [0, 0.05) is 28.3 Å². The molecule has 0 N–H and O–H groups in total. The quantitative estimate of drug-likeness (QED) is 0.107. The van der Waals surface area contributed by atoms with Gasteiger partial charge in [0.15, 0.2) is 16.5 Å². The molecule has 3 aromatic carbocycles. The van der Waals surface area contributed by atoms with Gasteiger partial charge in [-0.3, -0.25) is 19.3 Å². The second kappa shape index (κ2) is 9.59. The predicted octanol–water partition coefficient (Wildman–Crippen LogP) is 6.85. The van der Waals surface area contributed by atoms with Crippen LogP contribution in [0.5, 0.6) is 5.75 Å². The van der Waals surface area contributed by atoms with Gasteiger partial charge in [0.2, 0.25) is 0 Å². The average Bonchev–Trinajstić information content (AvgIpc) is 3.43. The molecule has 5 rings (SSSR count). The molecule has 0 unspecified atom stereocenters. The van der Waals surface area contributed by atoms with Crippen molar-refractivity contribution < 1.29 is 14.5 Å². The normalized spacial score (nSPS) is 11.3. The molecule has 0 aliphatic carbocycles. The Morgan fingerprint density at radius 3 is 2.42 bits per heavy atom. The highest BCUT2D eigenvalue weighted by molar-refractivity contribution is 7.17. The monoisotopic (exact) mass is 495 g/mol. The van der Waals surface area contributed by atoms with E-state index < -0.39 is 4.92 Å². The number of carbonyl (C=O) groups is 1. The Bertz CT molecular complexity index is 1620. The summed E-state index contributed by atoms with van der Waals surface area (Å²) in [5.74, 6) is 0.0232. The van der Waals surface area contributed by atoms with Crippen LogP contribution < -0.4 is 4.74 Å². The number of aryl methyl sites for hydroxylation is 1. The molecular weight excluding hydrogens is 474 g/mol. The number of imidazole rings is 1. The Hall–Kier alpha value is -4.56. The smallest absolute Gasteiger partial charge is 0.311 e. The highest BCUT2D eigenvalue weighted by atomic mass is 32.1. The van der Waals surface area contributed by atoms with E-state index >= 15 is 0 Å². The lowest BCUT2D eigenvalue weighted by Crippen LogP contribution is -1.96. The third-order valence-corrected chi connectivity index (χ3v) is 6.69. The first kappa shape index (κ1) is 23.2. The number of allylic oxidation sites excluding steroid dienone is 1. The number of aromatic nitrogens is 2. The summed E-state index contributed by atoms with van der Waals surface area (Å²) in [7, 11) is 1.39. The summed E-state index contributed by atoms with van der Waals surface area (Å²) in [5, 5.41) is 11.5. The van der Waals surface area contributed by atoms with Gasteiger partial charge in [-0.1, -0.05) is 54.6 Å². The van der Waals surface area contributed by atoms with Crippen molar-refractivity contribution in [3.63, 3.8) is 0 Å². The van der Waals surface area contributed by atoms with Gasteiger partial charge in [-0.05, 0) is 42.3 Å². The molecule has 36 heavy (non-hydrogen) atoms. The lowest BCUT2D eigenvalue weighted by molar-refractivity contribution is -0.385. The Morgan fingerprint density at radius 1 is 1.03 bits per heavy atom. The first-order valence-corrected chi connectivity index (χ1v) is 12.0. The number of thiazole rings is 1. The van der Waals surface area contributed by atoms with Crippen LogP contribution in [0, 0.1) is 17.0 Å². The minimum Gasteiger partial charge on any atom is -0.490 e. The molecule has 0 saturated carbocycles. The van der Waals surface area contributed by atoms with Gasteiger partial charge in [0.25, 0.3) is 0 Å². The number of hydrogen-bond donors (Lipinski definition) is 0. The molecule has 0 saturated heterocycles. The second-order valence-electron chi connectivity index (χ2n) is 8.12. The van der Waals surface area contributed by atoms with Crippen molar-refractivity contribution in [2.45, 2.75) is 6.92 Å². The molecule has 0 aliphatic rings. The van der Waals surface area contributed by atoms with Crippen LogP contribution in [-0.2, 0) is 0 Å². The van der Waals surface area contributed by atoms with Gasteiger partial charge < -0.3 is 4.74 Å². The number of nitro groups is 1. The molecule has 0 spiro atoms. The number of nitro benzene ring substituents is 1. The van der Waals surface area contributed by atoms with Crippen molar-refractivity contribution in [2.24, 2.45) is 0 Å². The van der Waals surface area contributed by atoms with E-state index in [2.05, 4.69) is 0 Å². The van der Waals surface area contributed by atoms with Crippen molar-refractivity contribution >= 4 is 33.8 Å². The number of nitrogens with zero attached hydrogens (tertiary/aromatic N) is 3. The SMILES string of the molecule is COc1ccc(-c2nc3sc(C)cn3c2/C=C/C(=O)c2ccc(-c3ccccc3)cc2)cc1[N+](=O)[O-]. The van der Waals surface area contributed by atoms with Gasteiger partial charge in [0.05, 0.1) is 23.4 Å². The molecule has 7 nitrogen and oxygen atoms in total. The number of ether oxygens (including phenoxy) is 1. The minimum atomic E-state index is -0.483. The van der Waals surface area contributed by atoms with E-state index in [0.717, 1.165) is 21.0 Å². The maximum Gasteiger partial charge on any atom is 0.311 e. The molecule has 0 amide bonds. The fourth-order valence-electron chi connectivity index (χ4n) is 4.03. The average molecular weight is 496 g/mol. The zero-order valence-corrected chi connectivity index (χ0v) is 20.4. The number of benzene rings is 3. The van der Waals surface area contributed by atoms with Gasteiger partial charge >= 0.3 is 5.69 Å². The van der Waals surface area contributed by atoms with E-state index in [1.165, 1.54) is 30.6 Å². The van der Waals surface area contributed by atoms with Crippen molar-refractivity contribution in [1.82, 2.24) is 9.38 Å². The highest BCUT2D eigenvalue weighted by Gasteiger charge is 2.20. The topological polar surface area (TPSA) is 86.7 Å². The summed E-state index contributed by atoms with van der Waals surface area (Å²) in [5.41, 5.74) is 4.32. The van der Waals surface area contributed by atoms with Crippen LogP contribution in [0.3, 0.4) is 0 Å². The van der Waals surface area contributed by atoms with Gasteiger partial charge in [-0.2, -0.15) is 0 Å². The van der Waals surface area contributed by atoms with E-state index in [4.69, 9.17) is 9.72 Å². The Kier molecular flexibility index (Phi) is 6.18. The summed E-state index contributed by atoms with van der Waals surface area (Å²) >= 11 is 1.50. The molecule has 8 heteroatoms. The first-order valence-electron chi connectivity index (χ1n) is 11.1. The molecule has 2 heterocycles. The van der Waals surface area contributed by atoms with E-state index in [1.54, 1.807) is 18.2 Å². The molecule has 178 valence electrons. The van der Waals surface area contributed by atoms with Crippen LogP contribution in [0.15, 0.2) is 85.1 Å². The summed E-state index contributed by atoms with van der Waals surface area (Å²) in [4.78, 5) is 30.6. The predicted molar refractivity (Wildman–Crippen MR) is 142 cm³/mol. The largest absolute Gasteiger partial charge is 0.490 e. The first-order chi connectivity index (χ1) is 17.4. The molecule has 0 fully saturated rings. The Balaban J connectivity index is 1.50. The third kappa shape index (κ3) is 4.42. The van der Waals surface area contributed by atoms with Crippen LogP contribution >= 0.6 is 11.3 Å². The summed E-state index contributed by atoms with van der Waals surface area (Å²) in [6, 6.07) is 22.2. The second-order valence-corrected chi connectivity index (χ2v) is 9.34. The number of methoxy groups -OCH3 is 1. The van der Waals surface area contributed by atoms with Crippen LogP contribution in [0.2, 0.25) is 0 Å². The van der Waals surface area contributed by atoms with Crippen molar-refractivity contribution in [3.05, 3.63) is 111 Å². The van der Waals surface area contributed by atoms with E-state index in [0.29, 0.717) is 22.5 Å². The van der Waals surface area contributed by atoms with Crippen molar-refractivity contribution in [1.29, 1.82) is 0 Å². The Morgan fingerprint density at radius 2 is 1.72 bits per heavy atom. The van der Waals surface area contributed by atoms with Crippen molar-refractivity contribution in [2.75, 3.05) is 7.11 Å². The van der Waals surface area contributed by atoms with Crippen molar-refractivity contribution in [3.8, 4) is 28.1 Å². The van der Waals surface area contributed by atoms with E-state index in [1.807, 2.05) is 72.1 Å². The van der Waals surface area contributed by atoms with Gasteiger partial charge in [-0.15, -0.1) is 11.3 Å². The number of rotatable bonds is 7. The molecule has 0 aliphatic heterocycles. The van der Waals surface area contributed by atoms with Crippen LogP contribution in [-0.4, -0.2) is 27.2 Å². The lowest BCUT2D eigenvalue weighted by Gasteiger charge is -2.05. The van der Waals surface area contributed by atoms with Gasteiger partial charge in [0.1, 0.15) is 0 Å². The standard InChI is InChI=1S/C28H21N3O4S/c1-18-17-30-23(13-14-25(32)21-10-8-20(9-11-21)19-6-4-3-5-7-19)27(29-28(30)36-18)22-12-15-26(35-2)24(16-22)31(33)34/h3-17H,1-2H3/b14-13+. The lowest BCUT2D eigenvalue weighted by atomic mass is 10.0. The van der Waals surface area contributed by atoms with Crippen LogP contribution in [0.4, 0.5) is 5.69 Å². The minimum absolute atomic E-state index is 0.146. The Labute approximate surface area is 211 Å². The van der Waals surface area contributed by atoms with E-state index in [9.17, 15) is 14.9 Å². The summed E-state index contributed by atoms with van der Waals surface area (Å²) in [6.45, 7) is 1.98. The molecule has 0 atom stereocenters.